The highest BCUT2D eigenvalue weighted by atomic mass is 16.5. The lowest BCUT2D eigenvalue weighted by Gasteiger charge is -2.47. The summed E-state index contributed by atoms with van der Waals surface area (Å²) in [4.78, 5) is 13.8. The topological polar surface area (TPSA) is 49.8 Å². The highest BCUT2D eigenvalue weighted by Crippen LogP contribution is 2.38. The monoisotopic (exact) mass is 255 g/mol. The van der Waals surface area contributed by atoms with Gasteiger partial charge in [0.1, 0.15) is 0 Å². The molecule has 1 heterocycles. The van der Waals surface area contributed by atoms with Crippen LogP contribution in [0.5, 0.6) is 0 Å². The lowest BCUT2D eigenvalue weighted by molar-refractivity contribution is -0.153. The van der Waals surface area contributed by atoms with Crippen molar-refractivity contribution in [1.82, 2.24) is 4.90 Å². The Morgan fingerprint density at radius 2 is 1.94 bits per heavy atom. The predicted molar refractivity (Wildman–Crippen MR) is 69.6 cm³/mol. The van der Waals surface area contributed by atoms with Crippen molar-refractivity contribution in [1.29, 1.82) is 0 Å². The molecule has 0 radical (unpaired) electrons. The van der Waals surface area contributed by atoms with Crippen LogP contribution < -0.4 is 0 Å². The number of rotatable bonds is 5. The van der Waals surface area contributed by atoms with Crippen molar-refractivity contribution in [2.75, 3.05) is 19.7 Å². The molecule has 0 bridgehead atoms. The number of likely N-dealkylation sites (tertiary alicyclic amines) is 1. The zero-order valence-corrected chi connectivity index (χ0v) is 11.5. The smallest absolute Gasteiger partial charge is 0.309 e. The van der Waals surface area contributed by atoms with E-state index in [0.717, 1.165) is 51.8 Å². The molecule has 0 amide bonds. The minimum absolute atomic E-state index is 0.442. The van der Waals surface area contributed by atoms with E-state index >= 15 is 0 Å². The number of hydrogen-bond acceptors (Lipinski definition) is 3. The molecule has 0 aromatic rings. The van der Waals surface area contributed by atoms with Crippen molar-refractivity contribution in [2.45, 2.75) is 58.1 Å². The highest BCUT2D eigenvalue weighted by Gasteiger charge is 2.43. The molecule has 1 N–H and O–H groups in total. The first-order chi connectivity index (χ1) is 8.61. The van der Waals surface area contributed by atoms with Gasteiger partial charge < -0.3 is 14.7 Å². The fourth-order valence-corrected chi connectivity index (χ4v) is 3.24. The number of carbonyl (C=O) groups is 1. The Hall–Kier alpha value is -0.610. The third-order valence-corrected chi connectivity index (χ3v) is 4.87. The maximum atomic E-state index is 11.4. The van der Waals surface area contributed by atoms with Gasteiger partial charge in [-0.05, 0) is 52.1 Å². The van der Waals surface area contributed by atoms with Gasteiger partial charge in [-0.25, -0.2) is 0 Å². The van der Waals surface area contributed by atoms with Crippen LogP contribution in [0.3, 0.4) is 0 Å². The van der Waals surface area contributed by atoms with Crippen LogP contribution >= 0.6 is 0 Å². The Balaban J connectivity index is 1.79. The normalized spacial score (nSPS) is 31.9. The van der Waals surface area contributed by atoms with Crippen molar-refractivity contribution < 1.29 is 14.6 Å². The van der Waals surface area contributed by atoms with Crippen molar-refractivity contribution in [2.24, 2.45) is 5.41 Å². The van der Waals surface area contributed by atoms with Crippen LogP contribution in [0.15, 0.2) is 0 Å². The van der Waals surface area contributed by atoms with Crippen LogP contribution in [-0.4, -0.2) is 47.8 Å². The lowest BCUT2D eigenvalue weighted by Crippen LogP contribution is -2.53. The summed E-state index contributed by atoms with van der Waals surface area (Å²) in [6, 6.07) is 0.630. The van der Waals surface area contributed by atoms with Crippen LogP contribution in [0.4, 0.5) is 0 Å². The van der Waals surface area contributed by atoms with Gasteiger partial charge in [0.05, 0.1) is 11.5 Å². The van der Waals surface area contributed by atoms with Crippen molar-refractivity contribution in [3.05, 3.63) is 0 Å². The van der Waals surface area contributed by atoms with Crippen molar-refractivity contribution in [3.63, 3.8) is 0 Å². The average Bonchev–Trinajstić information content (AvgIpc) is 2.33. The van der Waals surface area contributed by atoms with Gasteiger partial charge in [0.25, 0.3) is 0 Å². The summed E-state index contributed by atoms with van der Waals surface area (Å²) in [5, 5.41) is 9.36. The molecule has 0 atom stereocenters. The summed E-state index contributed by atoms with van der Waals surface area (Å²) < 4.78 is 5.58. The van der Waals surface area contributed by atoms with E-state index in [-0.39, 0.29) is 0 Å². The molecule has 1 saturated heterocycles. The molecule has 1 aliphatic carbocycles. The van der Waals surface area contributed by atoms with Gasteiger partial charge in [0.15, 0.2) is 0 Å². The zero-order valence-electron chi connectivity index (χ0n) is 11.5. The Bertz CT molecular complexity index is 291. The Morgan fingerprint density at radius 1 is 1.33 bits per heavy atom. The van der Waals surface area contributed by atoms with Crippen molar-refractivity contribution >= 4 is 5.97 Å². The lowest BCUT2D eigenvalue weighted by atomic mass is 9.75. The molecular formula is C14H25NO3. The molecule has 2 fully saturated rings. The molecule has 4 nitrogen and oxygen atoms in total. The molecule has 0 aromatic carbocycles. The van der Waals surface area contributed by atoms with Crippen LogP contribution in [0.25, 0.3) is 0 Å². The third kappa shape index (κ3) is 2.54. The van der Waals surface area contributed by atoms with Crippen LogP contribution in [0.1, 0.15) is 46.0 Å². The summed E-state index contributed by atoms with van der Waals surface area (Å²) in [7, 11) is 0. The molecule has 4 heteroatoms. The zero-order chi connectivity index (χ0) is 13.2. The number of carboxylic acids is 1. The quantitative estimate of drug-likeness (QED) is 0.817. The molecule has 2 aliphatic rings. The fourth-order valence-electron chi connectivity index (χ4n) is 3.24. The maximum Gasteiger partial charge on any atom is 0.309 e. The van der Waals surface area contributed by atoms with E-state index in [1.54, 1.807) is 0 Å². The van der Waals surface area contributed by atoms with Crippen LogP contribution in [0.2, 0.25) is 0 Å². The van der Waals surface area contributed by atoms with E-state index in [0.29, 0.717) is 12.1 Å². The summed E-state index contributed by atoms with van der Waals surface area (Å²) in [6.45, 7) is 6.71. The number of ether oxygens (including phenoxy) is 1. The van der Waals surface area contributed by atoms with E-state index in [2.05, 4.69) is 4.90 Å². The number of nitrogens with zero attached hydrogens (tertiary/aromatic N) is 1. The highest BCUT2D eigenvalue weighted by molar-refractivity contribution is 5.74. The Morgan fingerprint density at radius 3 is 2.39 bits per heavy atom. The molecule has 0 spiro atoms. The van der Waals surface area contributed by atoms with E-state index in [1.807, 2.05) is 13.8 Å². The van der Waals surface area contributed by atoms with Gasteiger partial charge >= 0.3 is 5.97 Å². The second-order valence-electron chi connectivity index (χ2n) is 5.68. The summed E-state index contributed by atoms with van der Waals surface area (Å²) in [5.41, 5.74) is -0.459. The first-order valence-corrected chi connectivity index (χ1v) is 7.20. The largest absolute Gasteiger partial charge is 0.481 e. The van der Waals surface area contributed by atoms with Crippen LogP contribution in [-0.2, 0) is 9.53 Å². The van der Waals surface area contributed by atoms with Gasteiger partial charge in [-0.3, -0.25) is 4.79 Å². The minimum atomic E-state index is -0.606. The first-order valence-electron chi connectivity index (χ1n) is 7.20. The first kappa shape index (κ1) is 13.8. The molecule has 0 unspecified atom stereocenters. The standard InChI is InChI=1S/C14H25NO3/c1-3-14(13(16)17)5-7-15(8-6-14)11-9-12(10-11)18-4-2/h11-12H,3-10H2,1-2H3,(H,16,17). The second-order valence-corrected chi connectivity index (χ2v) is 5.68. The molecule has 1 aliphatic heterocycles. The van der Waals surface area contributed by atoms with Crippen LogP contribution in [0, 0.1) is 5.41 Å². The maximum absolute atomic E-state index is 11.4. The summed E-state index contributed by atoms with van der Waals surface area (Å²) in [6.07, 6.45) is 5.04. The molecule has 18 heavy (non-hydrogen) atoms. The van der Waals surface area contributed by atoms with Gasteiger partial charge in [-0.2, -0.15) is 0 Å². The minimum Gasteiger partial charge on any atom is -0.481 e. The summed E-state index contributed by atoms with van der Waals surface area (Å²) in [5.74, 6) is -0.606. The van der Waals surface area contributed by atoms with Gasteiger partial charge in [-0.15, -0.1) is 0 Å². The Kier molecular flexibility index (Phi) is 4.28. The molecular weight excluding hydrogens is 230 g/mol. The molecule has 2 rings (SSSR count). The van der Waals surface area contributed by atoms with E-state index in [9.17, 15) is 9.90 Å². The van der Waals surface area contributed by atoms with Gasteiger partial charge in [-0.1, -0.05) is 6.92 Å². The van der Waals surface area contributed by atoms with Gasteiger partial charge in [0, 0.05) is 12.6 Å². The van der Waals surface area contributed by atoms with Crippen molar-refractivity contribution in [3.8, 4) is 0 Å². The number of carboxylic acid groups (broad SMARTS) is 1. The van der Waals surface area contributed by atoms with E-state index in [4.69, 9.17) is 4.74 Å². The third-order valence-electron chi connectivity index (χ3n) is 4.87. The van der Waals surface area contributed by atoms with E-state index < -0.39 is 11.4 Å². The molecule has 0 aromatic heterocycles. The number of hydrogen-bond donors (Lipinski definition) is 1. The fraction of sp³-hybridized carbons (Fsp3) is 0.929. The number of piperidine rings is 1. The molecule has 1 saturated carbocycles. The Labute approximate surface area is 109 Å². The van der Waals surface area contributed by atoms with Gasteiger partial charge in [0.2, 0.25) is 0 Å². The number of aliphatic carboxylic acids is 1. The molecule has 104 valence electrons. The second kappa shape index (κ2) is 5.57. The van der Waals surface area contributed by atoms with E-state index in [1.165, 1.54) is 0 Å². The summed E-state index contributed by atoms with van der Waals surface area (Å²) >= 11 is 0. The SMILES string of the molecule is CCOC1CC(N2CCC(CC)(C(=O)O)CC2)C1. The predicted octanol–water partition coefficient (Wildman–Crippen LogP) is 2.13. The average molecular weight is 255 g/mol.